The average molecular weight is 235 g/mol. The molecule has 7 heteroatoms. The van der Waals surface area contributed by atoms with Gasteiger partial charge in [-0.3, -0.25) is 15.1 Å². The van der Waals surface area contributed by atoms with Crippen molar-refractivity contribution in [3.8, 4) is 0 Å². The van der Waals surface area contributed by atoms with Crippen LogP contribution in [-0.4, -0.2) is 21.1 Å². The molecule has 0 unspecified atom stereocenters. The highest BCUT2D eigenvalue weighted by atomic mass is 32.1. The first-order valence-corrected chi connectivity index (χ1v) is 5.30. The van der Waals surface area contributed by atoms with Crippen molar-refractivity contribution in [1.82, 2.24) is 15.2 Å². The molecule has 0 spiro atoms. The monoisotopic (exact) mass is 235 g/mol. The van der Waals surface area contributed by atoms with E-state index in [9.17, 15) is 4.79 Å². The summed E-state index contributed by atoms with van der Waals surface area (Å²) in [6.45, 7) is 1.82. The number of nitrogens with two attached hydrogens (primary N) is 1. The summed E-state index contributed by atoms with van der Waals surface area (Å²) in [7, 11) is 0. The smallest absolute Gasteiger partial charge is 0.257 e. The van der Waals surface area contributed by atoms with Gasteiger partial charge in [0, 0.05) is 17.5 Å². The molecule has 0 bridgehead atoms. The highest BCUT2D eigenvalue weighted by Gasteiger charge is 2.09. The van der Waals surface area contributed by atoms with Crippen molar-refractivity contribution in [3.63, 3.8) is 0 Å². The van der Waals surface area contributed by atoms with Crippen LogP contribution in [0, 0.1) is 6.92 Å². The first-order chi connectivity index (χ1) is 7.65. The lowest BCUT2D eigenvalue weighted by Crippen LogP contribution is -2.12. The summed E-state index contributed by atoms with van der Waals surface area (Å²) in [6, 6.07) is 3.33. The summed E-state index contributed by atoms with van der Waals surface area (Å²) in [5, 5.41) is 10.6. The molecular formula is C9H9N5OS. The van der Waals surface area contributed by atoms with Crippen LogP contribution in [0.1, 0.15) is 16.1 Å². The Bertz CT molecular complexity index is 524. The van der Waals surface area contributed by atoms with Crippen LogP contribution in [0.25, 0.3) is 0 Å². The molecule has 0 aromatic carbocycles. The molecule has 0 saturated heterocycles. The summed E-state index contributed by atoms with van der Waals surface area (Å²) in [5.41, 5.74) is 6.71. The molecule has 6 nitrogen and oxygen atoms in total. The zero-order chi connectivity index (χ0) is 11.5. The van der Waals surface area contributed by atoms with Crippen LogP contribution in [0.15, 0.2) is 18.3 Å². The second-order valence-electron chi connectivity index (χ2n) is 3.09. The minimum Gasteiger partial charge on any atom is -0.374 e. The molecule has 1 amide bonds. The second-order valence-corrected chi connectivity index (χ2v) is 4.09. The van der Waals surface area contributed by atoms with E-state index in [1.54, 1.807) is 18.3 Å². The molecule has 0 saturated carbocycles. The third-order valence-corrected chi connectivity index (χ3v) is 2.49. The van der Waals surface area contributed by atoms with Gasteiger partial charge in [0.2, 0.25) is 10.3 Å². The quantitative estimate of drug-likeness (QED) is 0.812. The van der Waals surface area contributed by atoms with E-state index < -0.39 is 0 Å². The van der Waals surface area contributed by atoms with Crippen molar-refractivity contribution >= 4 is 27.5 Å². The van der Waals surface area contributed by atoms with Gasteiger partial charge in [0.15, 0.2) is 0 Å². The number of amides is 1. The zero-order valence-electron chi connectivity index (χ0n) is 8.47. The number of rotatable bonds is 2. The number of aryl methyl sites for hydroxylation is 1. The van der Waals surface area contributed by atoms with Gasteiger partial charge in [-0.1, -0.05) is 11.3 Å². The van der Waals surface area contributed by atoms with E-state index in [-0.39, 0.29) is 5.91 Å². The number of hydrogen-bond acceptors (Lipinski definition) is 6. The molecule has 0 fully saturated rings. The van der Waals surface area contributed by atoms with Crippen molar-refractivity contribution in [2.45, 2.75) is 6.92 Å². The predicted octanol–water partition coefficient (Wildman–Crippen LogP) is 1.08. The van der Waals surface area contributed by atoms with Crippen LogP contribution in [0.4, 0.5) is 10.3 Å². The average Bonchev–Trinajstić information content (AvgIpc) is 2.64. The third kappa shape index (κ3) is 2.31. The fourth-order valence-electron chi connectivity index (χ4n) is 1.14. The molecule has 2 aromatic rings. The van der Waals surface area contributed by atoms with E-state index in [1.165, 1.54) is 0 Å². The normalized spacial score (nSPS) is 10.1. The number of carbonyl (C=O) groups excluding carboxylic acids is 1. The zero-order valence-corrected chi connectivity index (χ0v) is 9.28. The fourth-order valence-corrected chi connectivity index (χ4v) is 1.65. The van der Waals surface area contributed by atoms with E-state index in [4.69, 9.17) is 5.73 Å². The lowest BCUT2D eigenvalue weighted by Gasteiger charge is -2.01. The van der Waals surface area contributed by atoms with Gasteiger partial charge in [-0.15, -0.1) is 10.2 Å². The van der Waals surface area contributed by atoms with E-state index in [0.717, 1.165) is 17.0 Å². The van der Waals surface area contributed by atoms with Gasteiger partial charge >= 0.3 is 0 Å². The van der Waals surface area contributed by atoms with Crippen LogP contribution >= 0.6 is 11.3 Å². The molecule has 2 rings (SSSR count). The molecule has 16 heavy (non-hydrogen) atoms. The highest BCUT2D eigenvalue weighted by molar-refractivity contribution is 7.19. The van der Waals surface area contributed by atoms with Crippen LogP contribution in [0.3, 0.4) is 0 Å². The molecule has 2 aromatic heterocycles. The molecule has 0 radical (unpaired) electrons. The van der Waals surface area contributed by atoms with Gasteiger partial charge in [-0.2, -0.15) is 0 Å². The van der Waals surface area contributed by atoms with Gasteiger partial charge < -0.3 is 5.73 Å². The first kappa shape index (κ1) is 10.5. The highest BCUT2D eigenvalue weighted by Crippen LogP contribution is 2.17. The summed E-state index contributed by atoms with van der Waals surface area (Å²) < 4.78 is 0. The predicted molar refractivity (Wildman–Crippen MR) is 61.2 cm³/mol. The SMILES string of the molecule is Cc1cc(C(=O)Nc2nnc(N)s2)ccn1. The maximum atomic E-state index is 11.7. The molecular weight excluding hydrogens is 226 g/mol. The van der Waals surface area contributed by atoms with Crippen molar-refractivity contribution in [3.05, 3.63) is 29.6 Å². The fraction of sp³-hybridized carbons (Fsp3) is 0.111. The maximum Gasteiger partial charge on any atom is 0.257 e. The summed E-state index contributed by atoms with van der Waals surface area (Å²) in [4.78, 5) is 15.7. The minimum atomic E-state index is -0.248. The van der Waals surface area contributed by atoms with Gasteiger partial charge in [-0.25, -0.2) is 0 Å². The van der Waals surface area contributed by atoms with Crippen LogP contribution in [0.5, 0.6) is 0 Å². The van der Waals surface area contributed by atoms with Crippen molar-refractivity contribution in [1.29, 1.82) is 0 Å². The standard InChI is InChI=1S/C9H9N5OS/c1-5-4-6(2-3-11-5)7(15)12-9-14-13-8(10)16-9/h2-4H,1H3,(H2,10,13)(H,12,14,15). The Hall–Kier alpha value is -2.02. The number of nitrogen functional groups attached to an aromatic ring is 1. The molecule has 3 N–H and O–H groups in total. The minimum absolute atomic E-state index is 0.248. The van der Waals surface area contributed by atoms with E-state index >= 15 is 0 Å². The molecule has 0 atom stereocenters. The Morgan fingerprint density at radius 3 is 2.94 bits per heavy atom. The van der Waals surface area contributed by atoms with E-state index in [0.29, 0.717) is 15.8 Å². The molecule has 82 valence electrons. The van der Waals surface area contributed by atoms with Gasteiger partial charge in [-0.05, 0) is 19.1 Å². The van der Waals surface area contributed by atoms with Crippen molar-refractivity contribution < 1.29 is 4.79 Å². The van der Waals surface area contributed by atoms with Crippen LogP contribution < -0.4 is 11.1 Å². The first-order valence-electron chi connectivity index (χ1n) is 4.48. The number of nitrogens with zero attached hydrogens (tertiary/aromatic N) is 3. The topological polar surface area (TPSA) is 93.8 Å². The van der Waals surface area contributed by atoms with E-state index in [1.807, 2.05) is 6.92 Å². The van der Waals surface area contributed by atoms with Crippen LogP contribution in [0.2, 0.25) is 0 Å². The molecule has 0 aliphatic rings. The summed E-state index contributed by atoms with van der Waals surface area (Å²) >= 11 is 1.12. The number of nitrogens with one attached hydrogen (secondary N) is 1. The van der Waals surface area contributed by atoms with E-state index in [2.05, 4.69) is 20.5 Å². The lowest BCUT2D eigenvalue weighted by atomic mass is 10.2. The van der Waals surface area contributed by atoms with Gasteiger partial charge in [0.1, 0.15) is 0 Å². The van der Waals surface area contributed by atoms with Crippen molar-refractivity contribution in [2.24, 2.45) is 0 Å². The molecule has 0 aliphatic heterocycles. The molecule has 0 aliphatic carbocycles. The number of anilines is 2. The third-order valence-electron chi connectivity index (χ3n) is 1.82. The number of aromatic nitrogens is 3. The Morgan fingerprint density at radius 2 is 2.31 bits per heavy atom. The van der Waals surface area contributed by atoms with Gasteiger partial charge in [0.25, 0.3) is 5.91 Å². The maximum absolute atomic E-state index is 11.7. The Labute approximate surface area is 95.5 Å². The van der Waals surface area contributed by atoms with Gasteiger partial charge in [0.05, 0.1) is 0 Å². The number of pyridine rings is 1. The van der Waals surface area contributed by atoms with Crippen LogP contribution in [-0.2, 0) is 0 Å². The number of hydrogen-bond donors (Lipinski definition) is 2. The number of carbonyl (C=O) groups is 1. The molecule has 2 heterocycles. The largest absolute Gasteiger partial charge is 0.374 e. The Morgan fingerprint density at radius 1 is 1.50 bits per heavy atom. The van der Waals surface area contributed by atoms with Crippen molar-refractivity contribution in [2.75, 3.05) is 11.1 Å². The Balaban J connectivity index is 2.14. The summed E-state index contributed by atoms with van der Waals surface area (Å²) in [6.07, 6.45) is 1.58. The lowest BCUT2D eigenvalue weighted by molar-refractivity contribution is 0.102. The Kier molecular flexibility index (Phi) is 2.78. The second kappa shape index (κ2) is 4.23. The summed E-state index contributed by atoms with van der Waals surface area (Å²) in [5.74, 6) is -0.248.